The van der Waals surface area contributed by atoms with Gasteiger partial charge in [-0.05, 0) is 25.8 Å². The van der Waals surface area contributed by atoms with E-state index in [2.05, 4.69) is 12.2 Å². The maximum atomic E-state index is 5.70. The molecule has 1 N–H and O–H groups in total. The number of nitrogens with one attached hydrogen (secondary N) is 1. The smallest absolute Gasteiger partial charge is 0.0619 e. The van der Waals surface area contributed by atoms with Crippen LogP contribution in [-0.2, 0) is 4.74 Å². The maximum Gasteiger partial charge on any atom is 0.0619 e. The molecule has 1 aliphatic rings. The van der Waals surface area contributed by atoms with Crippen LogP contribution in [0, 0.1) is 0 Å². The normalized spacial score (nSPS) is 19.9. The molecule has 0 aromatic carbocycles. The van der Waals surface area contributed by atoms with Crippen LogP contribution in [0.2, 0.25) is 0 Å². The molecule has 17 heavy (non-hydrogen) atoms. The minimum atomic E-state index is 0.643. The van der Waals surface area contributed by atoms with E-state index >= 15 is 0 Å². The molecule has 0 aliphatic carbocycles. The van der Waals surface area contributed by atoms with Crippen molar-refractivity contribution in [3.05, 3.63) is 0 Å². The van der Waals surface area contributed by atoms with Crippen LogP contribution in [0.3, 0.4) is 0 Å². The Balaban J connectivity index is 1.69. The molecule has 2 nitrogen and oxygen atoms in total. The first-order chi connectivity index (χ1) is 8.43. The van der Waals surface area contributed by atoms with Gasteiger partial charge in [-0.15, -0.1) is 0 Å². The summed E-state index contributed by atoms with van der Waals surface area (Å²) in [4.78, 5) is 0. The molecule has 0 radical (unpaired) electrons. The van der Waals surface area contributed by atoms with E-state index in [1.807, 2.05) is 0 Å². The first-order valence-corrected chi connectivity index (χ1v) is 7.74. The Morgan fingerprint density at radius 1 is 1.00 bits per heavy atom. The van der Waals surface area contributed by atoms with Gasteiger partial charge < -0.3 is 10.1 Å². The fourth-order valence-electron chi connectivity index (χ4n) is 2.46. The summed E-state index contributed by atoms with van der Waals surface area (Å²) in [5, 5.41) is 3.46. The molecule has 0 aromatic rings. The summed E-state index contributed by atoms with van der Waals surface area (Å²) in [7, 11) is 0. The van der Waals surface area contributed by atoms with E-state index in [9.17, 15) is 0 Å². The van der Waals surface area contributed by atoms with E-state index < -0.39 is 0 Å². The molecular formula is C15H31NO. The lowest BCUT2D eigenvalue weighted by Gasteiger charge is -2.10. The first kappa shape index (κ1) is 15.0. The fourth-order valence-corrected chi connectivity index (χ4v) is 2.46. The van der Waals surface area contributed by atoms with Crippen LogP contribution in [0.25, 0.3) is 0 Å². The molecule has 102 valence electrons. The molecule has 0 saturated carbocycles. The molecule has 0 spiro atoms. The predicted octanol–water partition coefficient (Wildman–Crippen LogP) is 3.90. The summed E-state index contributed by atoms with van der Waals surface area (Å²) in [5.41, 5.74) is 0. The standard InChI is InChI=1S/C15H31NO/c1-2-3-4-5-6-7-8-9-13-17-14-15-11-10-12-16-15/h15-16H,2-14H2,1H3. The van der Waals surface area contributed by atoms with Crippen LogP contribution in [0.4, 0.5) is 0 Å². The zero-order valence-corrected chi connectivity index (χ0v) is 11.7. The Kier molecular flexibility index (Phi) is 9.72. The molecule has 2 heteroatoms. The van der Waals surface area contributed by atoms with E-state index in [0.717, 1.165) is 13.2 Å². The van der Waals surface area contributed by atoms with Crippen molar-refractivity contribution in [3.63, 3.8) is 0 Å². The van der Waals surface area contributed by atoms with Gasteiger partial charge in [-0.3, -0.25) is 0 Å². The second-order valence-electron chi connectivity index (χ2n) is 5.34. The van der Waals surface area contributed by atoms with Gasteiger partial charge in [0.05, 0.1) is 6.61 Å². The van der Waals surface area contributed by atoms with E-state index in [-0.39, 0.29) is 0 Å². The summed E-state index contributed by atoms with van der Waals surface area (Å²) in [6.07, 6.45) is 13.7. The Bertz CT molecular complexity index is 155. The third-order valence-electron chi connectivity index (χ3n) is 3.62. The van der Waals surface area contributed by atoms with Gasteiger partial charge in [-0.1, -0.05) is 51.9 Å². The summed E-state index contributed by atoms with van der Waals surface area (Å²) in [6.45, 7) is 5.35. The van der Waals surface area contributed by atoms with Crippen molar-refractivity contribution >= 4 is 0 Å². The van der Waals surface area contributed by atoms with Gasteiger partial charge >= 0.3 is 0 Å². The highest BCUT2D eigenvalue weighted by Gasteiger charge is 2.13. The Morgan fingerprint density at radius 3 is 2.35 bits per heavy atom. The number of hydrogen-bond acceptors (Lipinski definition) is 2. The van der Waals surface area contributed by atoms with Crippen LogP contribution in [0.5, 0.6) is 0 Å². The number of hydrogen-bond donors (Lipinski definition) is 1. The summed E-state index contributed by atoms with van der Waals surface area (Å²) in [5.74, 6) is 0. The highest BCUT2D eigenvalue weighted by molar-refractivity contribution is 4.73. The van der Waals surface area contributed by atoms with Crippen LogP contribution in [0.15, 0.2) is 0 Å². The zero-order valence-electron chi connectivity index (χ0n) is 11.7. The average Bonchev–Trinajstić information content (AvgIpc) is 2.85. The van der Waals surface area contributed by atoms with Crippen molar-refractivity contribution < 1.29 is 4.74 Å². The predicted molar refractivity (Wildman–Crippen MR) is 74.5 cm³/mol. The highest BCUT2D eigenvalue weighted by Crippen LogP contribution is 2.09. The molecule has 0 amide bonds. The van der Waals surface area contributed by atoms with Crippen LogP contribution < -0.4 is 5.32 Å². The topological polar surface area (TPSA) is 21.3 Å². The largest absolute Gasteiger partial charge is 0.380 e. The maximum absolute atomic E-state index is 5.70. The number of rotatable bonds is 11. The van der Waals surface area contributed by atoms with Gasteiger partial charge in [-0.2, -0.15) is 0 Å². The van der Waals surface area contributed by atoms with E-state index in [0.29, 0.717) is 6.04 Å². The second-order valence-corrected chi connectivity index (χ2v) is 5.34. The van der Waals surface area contributed by atoms with Gasteiger partial charge in [0.1, 0.15) is 0 Å². The van der Waals surface area contributed by atoms with Gasteiger partial charge in [0.15, 0.2) is 0 Å². The van der Waals surface area contributed by atoms with Crippen LogP contribution >= 0.6 is 0 Å². The molecule has 1 rings (SSSR count). The quantitative estimate of drug-likeness (QED) is 0.554. The molecule has 1 saturated heterocycles. The molecule has 1 unspecified atom stereocenters. The minimum absolute atomic E-state index is 0.643. The van der Waals surface area contributed by atoms with Crippen LogP contribution in [0.1, 0.15) is 71.1 Å². The third-order valence-corrected chi connectivity index (χ3v) is 3.62. The Labute approximate surface area is 108 Å². The monoisotopic (exact) mass is 241 g/mol. The van der Waals surface area contributed by atoms with E-state index in [4.69, 9.17) is 4.74 Å². The van der Waals surface area contributed by atoms with Crippen molar-refractivity contribution in [2.24, 2.45) is 0 Å². The zero-order chi connectivity index (χ0) is 12.2. The first-order valence-electron chi connectivity index (χ1n) is 7.74. The fraction of sp³-hybridized carbons (Fsp3) is 1.00. The molecule has 0 aromatic heterocycles. The van der Waals surface area contributed by atoms with Crippen molar-refractivity contribution in [2.75, 3.05) is 19.8 Å². The van der Waals surface area contributed by atoms with Gasteiger partial charge in [-0.25, -0.2) is 0 Å². The molecular weight excluding hydrogens is 210 g/mol. The summed E-state index contributed by atoms with van der Waals surface area (Å²) < 4.78 is 5.70. The molecule has 1 fully saturated rings. The van der Waals surface area contributed by atoms with Crippen molar-refractivity contribution in [2.45, 2.75) is 77.2 Å². The SMILES string of the molecule is CCCCCCCCCCOCC1CCCN1. The number of ether oxygens (including phenoxy) is 1. The second kappa shape index (κ2) is 11.0. The summed E-state index contributed by atoms with van der Waals surface area (Å²) >= 11 is 0. The van der Waals surface area contributed by atoms with Gasteiger partial charge in [0.25, 0.3) is 0 Å². The highest BCUT2D eigenvalue weighted by atomic mass is 16.5. The minimum Gasteiger partial charge on any atom is -0.380 e. The Morgan fingerprint density at radius 2 is 1.71 bits per heavy atom. The van der Waals surface area contributed by atoms with Crippen molar-refractivity contribution in [3.8, 4) is 0 Å². The van der Waals surface area contributed by atoms with Crippen LogP contribution in [-0.4, -0.2) is 25.8 Å². The molecule has 1 atom stereocenters. The van der Waals surface area contributed by atoms with Crippen molar-refractivity contribution in [1.82, 2.24) is 5.32 Å². The van der Waals surface area contributed by atoms with Crippen molar-refractivity contribution in [1.29, 1.82) is 0 Å². The van der Waals surface area contributed by atoms with Gasteiger partial charge in [0.2, 0.25) is 0 Å². The lowest BCUT2D eigenvalue weighted by Crippen LogP contribution is -2.26. The average molecular weight is 241 g/mol. The lowest BCUT2D eigenvalue weighted by atomic mass is 10.1. The van der Waals surface area contributed by atoms with E-state index in [1.165, 1.54) is 70.8 Å². The lowest BCUT2D eigenvalue weighted by molar-refractivity contribution is 0.112. The number of unbranched alkanes of at least 4 members (excludes halogenated alkanes) is 7. The summed E-state index contributed by atoms with van der Waals surface area (Å²) in [6, 6.07) is 0.643. The molecule has 1 heterocycles. The Hall–Kier alpha value is -0.0800. The molecule has 0 bridgehead atoms. The van der Waals surface area contributed by atoms with Gasteiger partial charge in [0, 0.05) is 12.6 Å². The molecule has 1 aliphatic heterocycles. The third kappa shape index (κ3) is 8.62. The van der Waals surface area contributed by atoms with E-state index in [1.54, 1.807) is 0 Å².